The Morgan fingerprint density at radius 2 is 2.00 bits per heavy atom. The quantitative estimate of drug-likeness (QED) is 0.503. The van der Waals surface area contributed by atoms with Gasteiger partial charge >= 0.3 is 5.97 Å². The van der Waals surface area contributed by atoms with Crippen LogP contribution in [0, 0.1) is 0 Å². The molecule has 0 aromatic heterocycles. The van der Waals surface area contributed by atoms with E-state index in [0.29, 0.717) is 42.3 Å². The number of hydrogen-bond acceptors (Lipinski definition) is 6. The number of carbonyl (C=O) groups is 2. The first kappa shape index (κ1) is 21.9. The highest BCUT2D eigenvalue weighted by molar-refractivity contribution is 6.03. The van der Waals surface area contributed by atoms with Crippen LogP contribution in [0.25, 0.3) is 0 Å². The molecule has 6 heteroatoms. The molecule has 1 N–H and O–H groups in total. The largest absolute Gasteiger partial charge is 0.493 e. The highest BCUT2D eigenvalue weighted by atomic mass is 16.5. The molecule has 1 aromatic carbocycles. The van der Waals surface area contributed by atoms with Gasteiger partial charge in [-0.15, -0.1) is 0 Å². The van der Waals surface area contributed by atoms with Crippen LogP contribution in [0.5, 0.6) is 11.5 Å². The molecule has 0 fully saturated rings. The SMILES string of the molecule is CCCCOC(=O)C1=C(C)NC2=C(C(=O)CCC2)[C@@H]1c1ccc(OCC)c(OC)c1. The Morgan fingerprint density at radius 1 is 1.20 bits per heavy atom. The van der Waals surface area contributed by atoms with Gasteiger partial charge in [-0.25, -0.2) is 4.79 Å². The lowest BCUT2D eigenvalue weighted by Crippen LogP contribution is -2.34. The monoisotopic (exact) mass is 413 g/mol. The molecular weight excluding hydrogens is 382 g/mol. The third-order valence-electron chi connectivity index (χ3n) is 5.55. The van der Waals surface area contributed by atoms with Crippen molar-refractivity contribution in [2.24, 2.45) is 0 Å². The normalized spacial score (nSPS) is 18.7. The topological polar surface area (TPSA) is 73.9 Å². The van der Waals surface area contributed by atoms with E-state index in [-0.39, 0.29) is 11.8 Å². The number of esters is 1. The fraction of sp³-hybridized carbons (Fsp3) is 0.500. The number of dihydropyridines is 1. The Bertz CT molecular complexity index is 884. The molecule has 0 unspecified atom stereocenters. The van der Waals surface area contributed by atoms with Crippen LogP contribution >= 0.6 is 0 Å². The maximum absolute atomic E-state index is 13.1. The molecule has 3 rings (SSSR count). The van der Waals surface area contributed by atoms with Gasteiger partial charge < -0.3 is 19.5 Å². The standard InChI is InChI=1S/C24H31NO5/c1-5-7-13-30-24(27)21-15(3)25-17-9-8-10-18(26)23(17)22(21)16-11-12-19(29-6-2)20(14-16)28-4/h11-12,14,22,25H,5-10,13H2,1-4H3/t22-/m1/s1. The molecule has 162 valence electrons. The van der Waals surface area contributed by atoms with Gasteiger partial charge in [0, 0.05) is 29.3 Å². The first-order valence-corrected chi connectivity index (χ1v) is 10.7. The van der Waals surface area contributed by atoms with Crippen molar-refractivity contribution in [1.82, 2.24) is 5.32 Å². The number of Topliss-reactive ketones (excluding diaryl/α,β-unsaturated/α-hetero) is 1. The first-order chi connectivity index (χ1) is 14.5. The van der Waals surface area contributed by atoms with Crippen LogP contribution in [0.2, 0.25) is 0 Å². The lowest BCUT2D eigenvalue weighted by atomic mass is 9.75. The summed E-state index contributed by atoms with van der Waals surface area (Å²) in [7, 11) is 1.58. The molecule has 1 atom stereocenters. The number of allylic oxidation sites excluding steroid dienone is 3. The van der Waals surface area contributed by atoms with E-state index < -0.39 is 5.92 Å². The molecule has 0 amide bonds. The average molecular weight is 414 g/mol. The van der Waals surface area contributed by atoms with Gasteiger partial charge in [-0.3, -0.25) is 4.79 Å². The summed E-state index contributed by atoms with van der Waals surface area (Å²) in [5.74, 6) is 0.432. The molecule has 0 spiro atoms. The van der Waals surface area contributed by atoms with E-state index >= 15 is 0 Å². The minimum Gasteiger partial charge on any atom is -0.493 e. The molecule has 1 aliphatic heterocycles. The second-order valence-corrected chi connectivity index (χ2v) is 7.60. The van der Waals surface area contributed by atoms with Gasteiger partial charge in [0.25, 0.3) is 0 Å². The highest BCUT2D eigenvalue weighted by Gasteiger charge is 2.39. The molecule has 1 aromatic rings. The van der Waals surface area contributed by atoms with Crippen LogP contribution in [0.15, 0.2) is 40.7 Å². The van der Waals surface area contributed by atoms with Crippen molar-refractivity contribution in [2.45, 2.75) is 58.8 Å². The summed E-state index contributed by atoms with van der Waals surface area (Å²) < 4.78 is 16.7. The van der Waals surface area contributed by atoms with E-state index in [0.717, 1.165) is 42.6 Å². The van der Waals surface area contributed by atoms with E-state index in [1.54, 1.807) is 7.11 Å². The Kier molecular flexibility index (Phi) is 7.19. The maximum atomic E-state index is 13.1. The van der Waals surface area contributed by atoms with Crippen molar-refractivity contribution >= 4 is 11.8 Å². The number of methoxy groups -OCH3 is 1. The molecule has 1 aliphatic carbocycles. The molecule has 0 saturated heterocycles. The fourth-order valence-corrected chi connectivity index (χ4v) is 4.11. The molecule has 30 heavy (non-hydrogen) atoms. The zero-order valence-electron chi connectivity index (χ0n) is 18.3. The zero-order valence-corrected chi connectivity index (χ0v) is 18.3. The summed E-state index contributed by atoms with van der Waals surface area (Å²) in [6.07, 6.45) is 3.84. The number of carbonyl (C=O) groups excluding carboxylic acids is 2. The van der Waals surface area contributed by atoms with Crippen molar-refractivity contribution in [3.63, 3.8) is 0 Å². The Hall–Kier alpha value is -2.76. The molecular formula is C24H31NO5. The lowest BCUT2D eigenvalue weighted by molar-refractivity contribution is -0.139. The van der Waals surface area contributed by atoms with Gasteiger partial charge in [0.2, 0.25) is 0 Å². The molecule has 6 nitrogen and oxygen atoms in total. The minimum atomic E-state index is -0.479. The summed E-state index contributed by atoms with van der Waals surface area (Å²) in [5.41, 5.74) is 3.63. The highest BCUT2D eigenvalue weighted by Crippen LogP contribution is 2.44. The Balaban J connectivity index is 2.08. The minimum absolute atomic E-state index is 0.0768. The van der Waals surface area contributed by atoms with Crippen LogP contribution in [-0.2, 0) is 14.3 Å². The number of hydrogen-bond donors (Lipinski definition) is 1. The van der Waals surface area contributed by atoms with Gasteiger partial charge in [0.15, 0.2) is 17.3 Å². The van der Waals surface area contributed by atoms with Gasteiger partial charge in [0.1, 0.15) is 0 Å². The maximum Gasteiger partial charge on any atom is 0.336 e. The van der Waals surface area contributed by atoms with E-state index in [1.165, 1.54) is 0 Å². The fourth-order valence-electron chi connectivity index (χ4n) is 4.11. The van der Waals surface area contributed by atoms with Crippen molar-refractivity contribution in [3.8, 4) is 11.5 Å². The number of unbranched alkanes of at least 4 members (excludes halogenated alkanes) is 1. The van der Waals surface area contributed by atoms with Crippen LogP contribution in [0.4, 0.5) is 0 Å². The number of ketones is 1. The van der Waals surface area contributed by atoms with Crippen LogP contribution in [-0.4, -0.2) is 32.1 Å². The smallest absolute Gasteiger partial charge is 0.336 e. The zero-order chi connectivity index (χ0) is 21.7. The Morgan fingerprint density at radius 3 is 2.70 bits per heavy atom. The van der Waals surface area contributed by atoms with E-state index in [2.05, 4.69) is 5.32 Å². The molecule has 0 radical (unpaired) electrons. The van der Waals surface area contributed by atoms with Crippen LogP contribution in [0.1, 0.15) is 64.4 Å². The molecule has 0 bridgehead atoms. The molecule has 0 saturated carbocycles. The van der Waals surface area contributed by atoms with E-state index in [9.17, 15) is 9.59 Å². The second kappa shape index (κ2) is 9.83. The van der Waals surface area contributed by atoms with Gasteiger partial charge in [0.05, 0.1) is 25.9 Å². The summed E-state index contributed by atoms with van der Waals surface area (Å²) in [5, 5.41) is 3.31. The molecule has 2 aliphatic rings. The lowest BCUT2D eigenvalue weighted by Gasteiger charge is -2.34. The van der Waals surface area contributed by atoms with Gasteiger partial charge in [-0.2, -0.15) is 0 Å². The third kappa shape index (κ3) is 4.37. The van der Waals surface area contributed by atoms with Crippen molar-refractivity contribution in [3.05, 3.63) is 46.3 Å². The van der Waals surface area contributed by atoms with Gasteiger partial charge in [-0.1, -0.05) is 19.4 Å². The second-order valence-electron chi connectivity index (χ2n) is 7.60. The predicted octanol–water partition coefficient (Wildman–Crippen LogP) is 4.41. The number of nitrogens with one attached hydrogen (secondary N) is 1. The predicted molar refractivity (Wildman–Crippen MR) is 114 cm³/mol. The number of rotatable bonds is 8. The van der Waals surface area contributed by atoms with Crippen LogP contribution in [0.3, 0.4) is 0 Å². The van der Waals surface area contributed by atoms with Crippen molar-refractivity contribution in [1.29, 1.82) is 0 Å². The average Bonchev–Trinajstić information content (AvgIpc) is 2.73. The summed E-state index contributed by atoms with van der Waals surface area (Å²) in [4.78, 5) is 26.0. The third-order valence-corrected chi connectivity index (χ3v) is 5.55. The van der Waals surface area contributed by atoms with Crippen molar-refractivity contribution in [2.75, 3.05) is 20.3 Å². The summed E-state index contributed by atoms with van der Waals surface area (Å²) in [6.45, 7) is 6.72. The van der Waals surface area contributed by atoms with Gasteiger partial charge in [-0.05, 0) is 50.8 Å². The van der Waals surface area contributed by atoms with E-state index in [4.69, 9.17) is 14.2 Å². The summed E-state index contributed by atoms with van der Waals surface area (Å²) >= 11 is 0. The summed E-state index contributed by atoms with van der Waals surface area (Å²) in [6, 6.07) is 5.60. The van der Waals surface area contributed by atoms with Crippen LogP contribution < -0.4 is 14.8 Å². The van der Waals surface area contributed by atoms with Crippen molar-refractivity contribution < 1.29 is 23.8 Å². The van der Waals surface area contributed by atoms with E-state index in [1.807, 2.05) is 39.0 Å². The number of benzene rings is 1. The molecule has 1 heterocycles. The number of ether oxygens (including phenoxy) is 3. The Labute approximate surface area is 178 Å². The first-order valence-electron chi connectivity index (χ1n) is 10.7.